The average molecular weight is 407 g/mol. The zero-order valence-electron chi connectivity index (χ0n) is 15.9. The summed E-state index contributed by atoms with van der Waals surface area (Å²) in [4.78, 5) is 19.2. The number of ether oxygens (including phenoxy) is 1. The highest BCUT2D eigenvalue weighted by molar-refractivity contribution is 5.85. The zero-order chi connectivity index (χ0) is 17.6. The molecule has 1 fully saturated rings. The van der Waals surface area contributed by atoms with Crippen LogP contribution in [0.1, 0.15) is 39.2 Å². The summed E-state index contributed by atoms with van der Waals surface area (Å²) in [7, 11) is 0. The van der Waals surface area contributed by atoms with Crippen LogP contribution < -0.4 is 16.0 Å². The van der Waals surface area contributed by atoms with Gasteiger partial charge in [0.2, 0.25) is 5.91 Å². The number of hydrogen-bond donors (Lipinski definition) is 2. The van der Waals surface area contributed by atoms with E-state index in [1.165, 1.54) is 0 Å². The van der Waals surface area contributed by atoms with Crippen LogP contribution in [-0.2, 0) is 16.1 Å². The van der Waals surface area contributed by atoms with Crippen LogP contribution in [0.4, 0.5) is 5.82 Å². The molecule has 1 atom stereocenters. The first-order valence-corrected chi connectivity index (χ1v) is 8.84. The van der Waals surface area contributed by atoms with Gasteiger partial charge in [-0.1, -0.05) is 19.9 Å². The second kappa shape index (κ2) is 11.6. The molecule has 2 heterocycles. The van der Waals surface area contributed by atoms with Crippen molar-refractivity contribution in [3.05, 3.63) is 23.9 Å². The maximum atomic E-state index is 12.4. The second-order valence-electron chi connectivity index (χ2n) is 6.53. The van der Waals surface area contributed by atoms with Crippen molar-refractivity contribution in [3.63, 3.8) is 0 Å². The molecule has 150 valence electrons. The molecule has 26 heavy (non-hydrogen) atoms. The molecule has 1 unspecified atom stereocenters. The van der Waals surface area contributed by atoms with E-state index in [9.17, 15) is 4.79 Å². The van der Waals surface area contributed by atoms with Crippen molar-refractivity contribution < 1.29 is 9.53 Å². The van der Waals surface area contributed by atoms with E-state index in [0.717, 1.165) is 43.9 Å². The smallest absolute Gasteiger partial charge is 0.227 e. The molecule has 1 aromatic rings. The van der Waals surface area contributed by atoms with Crippen LogP contribution in [-0.4, -0.2) is 43.2 Å². The van der Waals surface area contributed by atoms with E-state index in [1.807, 2.05) is 32.2 Å². The quantitative estimate of drug-likeness (QED) is 0.726. The standard InChI is InChI=1S/C18H30N4O2.2ClH/c1-4-18(5-2,13-19)17(23)21-11-15-6-7-16(20-10-15)22-8-9-24-14(3)12-22;;/h6-7,10,14H,4-5,8-9,11-13,19H2,1-3H3,(H,21,23);2*1H. The predicted octanol–water partition coefficient (Wildman–Crippen LogP) is 2.53. The van der Waals surface area contributed by atoms with Crippen LogP contribution >= 0.6 is 24.8 Å². The molecule has 1 saturated heterocycles. The average Bonchev–Trinajstić information content (AvgIpc) is 2.62. The molecule has 2 rings (SSSR count). The van der Waals surface area contributed by atoms with Gasteiger partial charge < -0.3 is 20.7 Å². The molecule has 1 aliphatic rings. The lowest BCUT2D eigenvalue weighted by Gasteiger charge is -2.32. The summed E-state index contributed by atoms with van der Waals surface area (Å²) in [5, 5.41) is 3.01. The number of nitrogens with one attached hydrogen (secondary N) is 1. The number of anilines is 1. The molecule has 8 heteroatoms. The molecule has 0 aliphatic carbocycles. The minimum Gasteiger partial charge on any atom is -0.375 e. The van der Waals surface area contributed by atoms with Crippen LogP contribution in [0.5, 0.6) is 0 Å². The summed E-state index contributed by atoms with van der Waals surface area (Å²) >= 11 is 0. The summed E-state index contributed by atoms with van der Waals surface area (Å²) in [6, 6.07) is 4.03. The van der Waals surface area contributed by atoms with Crippen LogP contribution in [0.3, 0.4) is 0 Å². The van der Waals surface area contributed by atoms with E-state index >= 15 is 0 Å². The van der Waals surface area contributed by atoms with Gasteiger partial charge in [-0.2, -0.15) is 0 Å². The minimum atomic E-state index is -0.461. The number of halogens is 2. The van der Waals surface area contributed by atoms with E-state index in [4.69, 9.17) is 10.5 Å². The number of carbonyl (C=O) groups is 1. The fourth-order valence-corrected chi connectivity index (χ4v) is 3.06. The number of nitrogens with zero attached hydrogens (tertiary/aromatic N) is 2. The Hall–Kier alpha value is -1.08. The number of morpholine rings is 1. The molecule has 1 aliphatic heterocycles. The Bertz CT molecular complexity index is 530. The van der Waals surface area contributed by atoms with Crippen molar-refractivity contribution in [2.24, 2.45) is 11.1 Å². The Kier molecular flexibility index (Phi) is 11.1. The van der Waals surface area contributed by atoms with Crippen molar-refractivity contribution in [3.8, 4) is 0 Å². The number of pyridine rings is 1. The van der Waals surface area contributed by atoms with Gasteiger partial charge in [-0.25, -0.2) is 4.98 Å². The lowest BCUT2D eigenvalue weighted by atomic mass is 9.81. The molecular weight excluding hydrogens is 375 g/mol. The van der Waals surface area contributed by atoms with E-state index < -0.39 is 5.41 Å². The Morgan fingerprint density at radius 3 is 2.58 bits per heavy atom. The number of hydrogen-bond acceptors (Lipinski definition) is 5. The van der Waals surface area contributed by atoms with Gasteiger partial charge in [0.1, 0.15) is 5.82 Å². The third kappa shape index (κ3) is 5.98. The summed E-state index contributed by atoms with van der Waals surface area (Å²) in [5.41, 5.74) is 6.35. The molecule has 0 spiro atoms. The molecule has 0 saturated carbocycles. The summed E-state index contributed by atoms with van der Waals surface area (Å²) in [6.45, 7) is 9.39. The molecule has 0 aromatic carbocycles. The largest absolute Gasteiger partial charge is 0.375 e. The third-order valence-corrected chi connectivity index (χ3v) is 5.05. The molecular formula is C18H32Cl2N4O2. The summed E-state index contributed by atoms with van der Waals surface area (Å²) < 4.78 is 5.55. The number of carbonyl (C=O) groups excluding carboxylic acids is 1. The lowest BCUT2D eigenvalue weighted by Crippen LogP contribution is -2.45. The van der Waals surface area contributed by atoms with Crippen LogP contribution in [0.2, 0.25) is 0 Å². The SMILES string of the molecule is CCC(CC)(CN)C(=O)NCc1ccc(N2CCOC(C)C2)nc1.Cl.Cl. The van der Waals surface area contributed by atoms with E-state index in [0.29, 0.717) is 13.1 Å². The fourth-order valence-electron chi connectivity index (χ4n) is 3.06. The molecule has 3 N–H and O–H groups in total. The Labute approximate surface area is 169 Å². The second-order valence-corrected chi connectivity index (χ2v) is 6.53. The molecule has 0 bridgehead atoms. The first kappa shape index (κ1) is 24.9. The highest BCUT2D eigenvalue weighted by Crippen LogP contribution is 2.25. The lowest BCUT2D eigenvalue weighted by molar-refractivity contribution is -0.131. The van der Waals surface area contributed by atoms with E-state index in [2.05, 4.69) is 22.1 Å². The number of nitrogens with two attached hydrogens (primary N) is 1. The fraction of sp³-hybridized carbons (Fsp3) is 0.667. The third-order valence-electron chi connectivity index (χ3n) is 5.05. The van der Waals surface area contributed by atoms with Crippen LogP contribution in [0.25, 0.3) is 0 Å². The minimum absolute atomic E-state index is 0. The first-order chi connectivity index (χ1) is 11.5. The Balaban J connectivity index is 0.00000312. The molecule has 1 amide bonds. The van der Waals surface area contributed by atoms with Gasteiger partial charge in [0.15, 0.2) is 0 Å². The van der Waals surface area contributed by atoms with Gasteiger partial charge >= 0.3 is 0 Å². The molecule has 1 aromatic heterocycles. The zero-order valence-corrected chi connectivity index (χ0v) is 17.5. The maximum absolute atomic E-state index is 12.4. The van der Waals surface area contributed by atoms with Crippen LogP contribution in [0, 0.1) is 5.41 Å². The normalized spacial score (nSPS) is 17.1. The van der Waals surface area contributed by atoms with Crippen molar-refractivity contribution in [1.82, 2.24) is 10.3 Å². The van der Waals surface area contributed by atoms with Gasteiger partial charge in [-0.15, -0.1) is 24.8 Å². The number of amides is 1. The van der Waals surface area contributed by atoms with Crippen molar-refractivity contribution >= 4 is 36.5 Å². The van der Waals surface area contributed by atoms with Gasteiger partial charge in [-0.3, -0.25) is 4.79 Å². The van der Waals surface area contributed by atoms with Gasteiger partial charge in [0.05, 0.1) is 18.1 Å². The predicted molar refractivity (Wildman–Crippen MR) is 110 cm³/mol. The first-order valence-electron chi connectivity index (χ1n) is 8.84. The Morgan fingerprint density at radius 1 is 1.38 bits per heavy atom. The highest BCUT2D eigenvalue weighted by atomic mass is 35.5. The summed E-state index contributed by atoms with van der Waals surface area (Å²) in [6.07, 6.45) is 3.56. The van der Waals surface area contributed by atoms with Crippen molar-refractivity contribution in [1.29, 1.82) is 0 Å². The van der Waals surface area contributed by atoms with Gasteiger partial charge in [-0.05, 0) is 31.4 Å². The van der Waals surface area contributed by atoms with E-state index in [-0.39, 0.29) is 36.8 Å². The van der Waals surface area contributed by atoms with Gasteiger partial charge in [0.25, 0.3) is 0 Å². The topological polar surface area (TPSA) is 80.5 Å². The van der Waals surface area contributed by atoms with E-state index in [1.54, 1.807) is 0 Å². The monoisotopic (exact) mass is 406 g/mol. The van der Waals surface area contributed by atoms with Crippen molar-refractivity contribution in [2.75, 3.05) is 31.1 Å². The van der Waals surface area contributed by atoms with Gasteiger partial charge in [0, 0.05) is 32.4 Å². The molecule has 0 radical (unpaired) electrons. The van der Waals surface area contributed by atoms with Crippen molar-refractivity contribution in [2.45, 2.75) is 46.3 Å². The summed E-state index contributed by atoms with van der Waals surface area (Å²) in [5.74, 6) is 0.986. The highest BCUT2D eigenvalue weighted by Gasteiger charge is 2.32. The van der Waals surface area contributed by atoms with Crippen LogP contribution in [0.15, 0.2) is 18.3 Å². The maximum Gasteiger partial charge on any atom is 0.227 e. The number of rotatable bonds is 7. The molecule has 6 nitrogen and oxygen atoms in total. The Morgan fingerprint density at radius 2 is 2.08 bits per heavy atom. The number of aromatic nitrogens is 1.